The normalized spacial score (nSPS) is 35.5. The Morgan fingerprint density at radius 1 is 1.32 bits per heavy atom. The minimum atomic E-state index is -0.708. The summed E-state index contributed by atoms with van der Waals surface area (Å²) in [7, 11) is 0. The summed E-state index contributed by atoms with van der Waals surface area (Å²) in [5.41, 5.74) is 1.18. The number of nitriles is 1. The summed E-state index contributed by atoms with van der Waals surface area (Å²) >= 11 is 6.37. The maximum absolute atomic E-state index is 9.21. The first kappa shape index (κ1) is 12.7. The zero-order chi connectivity index (χ0) is 13.3. The molecule has 0 aromatic heterocycles. The number of hydrogen-bond donors (Lipinski definition) is 0. The van der Waals surface area contributed by atoms with Gasteiger partial charge >= 0.3 is 0 Å². The standard InChI is InChI=1S/C16H16ClNO/c17-16(11-18)8-13-6-7-15(16)14(13)10-19-9-12-4-2-1-3-5-12/h1-7,13-15H,8-10H2. The fourth-order valence-corrected chi connectivity index (χ4v) is 3.65. The van der Waals surface area contributed by atoms with E-state index in [0.717, 1.165) is 6.42 Å². The van der Waals surface area contributed by atoms with Crippen LogP contribution in [0.3, 0.4) is 0 Å². The van der Waals surface area contributed by atoms with Crippen molar-refractivity contribution in [2.24, 2.45) is 17.8 Å². The predicted octanol–water partition coefficient (Wildman–Crippen LogP) is 3.53. The summed E-state index contributed by atoms with van der Waals surface area (Å²) in [5.74, 6) is 0.902. The Morgan fingerprint density at radius 2 is 2.11 bits per heavy atom. The molecule has 0 heterocycles. The van der Waals surface area contributed by atoms with Crippen LogP contribution in [0.5, 0.6) is 0 Å². The van der Waals surface area contributed by atoms with Crippen LogP contribution < -0.4 is 0 Å². The van der Waals surface area contributed by atoms with Crippen molar-refractivity contribution in [3.8, 4) is 6.07 Å². The summed E-state index contributed by atoms with van der Waals surface area (Å²) in [6.45, 7) is 1.30. The number of fused-ring (bicyclic) bond motifs is 2. The highest BCUT2D eigenvalue weighted by Crippen LogP contribution is 2.53. The molecule has 0 aliphatic heterocycles. The largest absolute Gasteiger partial charge is 0.376 e. The fraction of sp³-hybridized carbons (Fsp3) is 0.438. The zero-order valence-electron chi connectivity index (χ0n) is 10.6. The molecule has 2 nitrogen and oxygen atoms in total. The smallest absolute Gasteiger partial charge is 0.138 e. The van der Waals surface area contributed by atoms with Crippen molar-refractivity contribution >= 4 is 11.6 Å². The van der Waals surface area contributed by atoms with Crippen molar-refractivity contribution in [1.82, 2.24) is 0 Å². The number of alkyl halides is 1. The highest BCUT2D eigenvalue weighted by Gasteiger charge is 2.54. The van der Waals surface area contributed by atoms with Crippen LogP contribution in [0.1, 0.15) is 12.0 Å². The predicted molar refractivity (Wildman–Crippen MR) is 74.5 cm³/mol. The lowest BCUT2D eigenvalue weighted by molar-refractivity contribution is 0.0744. The molecule has 3 heteroatoms. The first-order valence-electron chi connectivity index (χ1n) is 6.63. The molecule has 0 N–H and O–H groups in total. The molecule has 1 fully saturated rings. The minimum absolute atomic E-state index is 0.139. The van der Waals surface area contributed by atoms with E-state index in [1.807, 2.05) is 18.2 Å². The van der Waals surface area contributed by atoms with E-state index >= 15 is 0 Å². The van der Waals surface area contributed by atoms with E-state index in [4.69, 9.17) is 16.3 Å². The van der Waals surface area contributed by atoms with Crippen molar-refractivity contribution in [3.05, 3.63) is 48.0 Å². The van der Waals surface area contributed by atoms with Gasteiger partial charge in [-0.2, -0.15) is 5.26 Å². The van der Waals surface area contributed by atoms with Gasteiger partial charge in [0.15, 0.2) is 0 Å². The Morgan fingerprint density at radius 3 is 2.79 bits per heavy atom. The van der Waals surface area contributed by atoms with Crippen molar-refractivity contribution in [2.75, 3.05) is 6.61 Å². The van der Waals surface area contributed by atoms with Crippen LogP contribution in [0.15, 0.2) is 42.5 Å². The SMILES string of the molecule is N#CC1(Cl)CC2C=CC1C2COCc1ccccc1. The van der Waals surface area contributed by atoms with Crippen LogP contribution in [0.25, 0.3) is 0 Å². The Kier molecular flexibility index (Phi) is 3.35. The van der Waals surface area contributed by atoms with E-state index < -0.39 is 4.87 Å². The third-order valence-electron chi connectivity index (χ3n) is 4.25. The molecule has 0 saturated heterocycles. The van der Waals surface area contributed by atoms with Gasteiger partial charge in [0.2, 0.25) is 0 Å². The van der Waals surface area contributed by atoms with Crippen molar-refractivity contribution in [1.29, 1.82) is 5.26 Å². The quantitative estimate of drug-likeness (QED) is 0.621. The Bertz CT molecular complexity index is 521. The minimum Gasteiger partial charge on any atom is -0.376 e. The molecule has 98 valence electrons. The molecule has 0 radical (unpaired) electrons. The number of benzene rings is 1. The van der Waals surface area contributed by atoms with Crippen LogP contribution >= 0.6 is 11.6 Å². The lowest BCUT2D eigenvalue weighted by Crippen LogP contribution is -2.27. The second-order valence-corrected chi connectivity index (χ2v) is 6.09. The Balaban J connectivity index is 1.57. The maximum atomic E-state index is 9.21. The number of allylic oxidation sites excluding steroid dienone is 2. The zero-order valence-corrected chi connectivity index (χ0v) is 11.4. The number of hydrogen-bond acceptors (Lipinski definition) is 2. The highest BCUT2D eigenvalue weighted by molar-refractivity contribution is 6.26. The van der Waals surface area contributed by atoms with E-state index in [1.54, 1.807) is 0 Å². The lowest BCUT2D eigenvalue weighted by Gasteiger charge is -2.21. The van der Waals surface area contributed by atoms with Crippen molar-refractivity contribution in [2.45, 2.75) is 17.9 Å². The van der Waals surface area contributed by atoms with Gasteiger partial charge in [-0.3, -0.25) is 0 Å². The van der Waals surface area contributed by atoms with Crippen LogP contribution in [-0.4, -0.2) is 11.5 Å². The maximum Gasteiger partial charge on any atom is 0.138 e. The molecule has 2 aliphatic carbocycles. The first-order valence-corrected chi connectivity index (χ1v) is 7.01. The van der Waals surface area contributed by atoms with Gasteiger partial charge in [0.1, 0.15) is 4.87 Å². The Hall–Kier alpha value is -1.30. The summed E-state index contributed by atoms with van der Waals surface area (Å²) in [4.78, 5) is -0.708. The second-order valence-electron chi connectivity index (χ2n) is 5.42. The molecule has 2 aliphatic rings. The molecule has 0 amide bonds. The molecular weight excluding hydrogens is 258 g/mol. The molecule has 4 unspecified atom stereocenters. The third-order valence-corrected chi connectivity index (χ3v) is 4.74. The first-order chi connectivity index (χ1) is 9.23. The molecule has 0 spiro atoms. The third kappa shape index (κ3) is 2.29. The van der Waals surface area contributed by atoms with Crippen molar-refractivity contribution < 1.29 is 4.74 Å². The molecular formula is C16H16ClNO. The van der Waals surface area contributed by atoms with Crippen molar-refractivity contribution in [3.63, 3.8) is 0 Å². The van der Waals surface area contributed by atoms with Crippen LogP contribution in [0, 0.1) is 29.1 Å². The molecule has 1 aromatic carbocycles. The molecule has 1 saturated carbocycles. The number of rotatable bonds is 4. The average molecular weight is 274 g/mol. The van der Waals surface area contributed by atoms with Gasteiger partial charge < -0.3 is 4.74 Å². The fourth-order valence-electron chi connectivity index (χ4n) is 3.24. The molecule has 2 bridgehead atoms. The van der Waals surface area contributed by atoms with Crippen LogP contribution in [0.4, 0.5) is 0 Å². The average Bonchev–Trinajstić information content (AvgIpc) is 2.95. The highest BCUT2D eigenvalue weighted by atomic mass is 35.5. The molecule has 4 atom stereocenters. The van der Waals surface area contributed by atoms with Gasteiger partial charge in [0.05, 0.1) is 19.3 Å². The molecule has 3 rings (SSSR count). The topological polar surface area (TPSA) is 33.0 Å². The summed E-state index contributed by atoms with van der Waals surface area (Å²) in [6.07, 6.45) is 5.05. The molecule has 19 heavy (non-hydrogen) atoms. The van der Waals surface area contributed by atoms with Gasteiger partial charge in [-0.05, 0) is 23.8 Å². The summed E-state index contributed by atoms with van der Waals surface area (Å²) in [6, 6.07) is 12.4. The van der Waals surface area contributed by atoms with Gasteiger partial charge in [0, 0.05) is 5.92 Å². The van der Waals surface area contributed by atoms with E-state index in [9.17, 15) is 5.26 Å². The van der Waals surface area contributed by atoms with E-state index in [0.29, 0.717) is 25.0 Å². The van der Waals surface area contributed by atoms with Gasteiger partial charge in [-0.25, -0.2) is 0 Å². The number of ether oxygens (including phenoxy) is 1. The van der Waals surface area contributed by atoms with E-state index in [2.05, 4.69) is 30.4 Å². The number of halogens is 1. The van der Waals surface area contributed by atoms with Crippen LogP contribution in [0.2, 0.25) is 0 Å². The van der Waals surface area contributed by atoms with Crippen LogP contribution in [-0.2, 0) is 11.3 Å². The van der Waals surface area contributed by atoms with Gasteiger partial charge in [-0.1, -0.05) is 42.5 Å². The summed E-state index contributed by atoms with van der Waals surface area (Å²) in [5, 5.41) is 9.21. The molecule has 1 aromatic rings. The Labute approximate surface area is 118 Å². The van der Waals surface area contributed by atoms with Gasteiger partial charge in [-0.15, -0.1) is 11.6 Å². The summed E-state index contributed by atoms with van der Waals surface area (Å²) < 4.78 is 5.81. The lowest BCUT2D eigenvalue weighted by atomic mass is 9.92. The van der Waals surface area contributed by atoms with Gasteiger partial charge in [0.25, 0.3) is 0 Å². The van der Waals surface area contributed by atoms with E-state index in [1.165, 1.54) is 5.56 Å². The number of nitrogens with zero attached hydrogens (tertiary/aromatic N) is 1. The second kappa shape index (κ2) is 5.00. The van der Waals surface area contributed by atoms with E-state index in [-0.39, 0.29) is 5.92 Å². The monoisotopic (exact) mass is 273 g/mol.